The molecule has 2 rings (SSSR count). The summed E-state index contributed by atoms with van der Waals surface area (Å²) < 4.78 is 0. The first-order chi connectivity index (χ1) is 4.86. The lowest BCUT2D eigenvalue weighted by atomic mass is 10.7. The molecular weight excluding hydrogens is 152 g/mol. The first kappa shape index (κ1) is 5.66. The molecule has 0 saturated carbocycles. The molecule has 0 aliphatic carbocycles. The van der Waals surface area contributed by atoms with Crippen LogP contribution in [0.4, 0.5) is 0 Å². The Morgan fingerprint density at radius 2 is 2.50 bits per heavy atom. The highest BCUT2D eigenvalue weighted by Gasteiger charge is 2.11. The van der Waals surface area contributed by atoms with Gasteiger partial charge >= 0.3 is 0 Å². The van der Waals surface area contributed by atoms with Crippen LogP contribution in [0, 0.1) is 0 Å². The largest absolute Gasteiger partial charge is 0.385 e. The molecule has 0 fully saturated rings. The second-order valence-corrected chi connectivity index (χ2v) is 2.67. The van der Waals surface area contributed by atoms with E-state index in [2.05, 4.69) is 20.6 Å². The molecule has 52 valence electrons. The molecule has 0 radical (unpaired) electrons. The smallest absolute Gasteiger partial charge is 0.233 e. The van der Waals surface area contributed by atoms with E-state index >= 15 is 0 Å². The van der Waals surface area contributed by atoms with E-state index in [4.69, 9.17) is 5.73 Å². The summed E-state index contributed by atoms with van der Waals surface area (Å²) in [5, 5.41) is 15.2. The third-order valence-electron chi connectivity index (χ3n) is 0.998. The Hall–Kier alpha value is -1.11. The van der Waals surface area contributed by atoms with Gasteiger partial charge in [-0.2, -0.15) is 0 Å². The molecule has 1 aliphatic rings. The summed E-state index contributed by atoms with van der Waals surface area (Å²) in [5.41, 5.74) is 5.42. The fourth-order valence-corrected chi connectivity index (χ4v) is 1.23. The van der Waals surface area contributed by atoms with Gasteiger partial charge in [0, 0.05) is 0 Å². The minimum atomic E-state index is 0.546. The number of hydrogen-bond acceptors (Lipinski definition) is 6. The lowest BCUT2D eigenvalue weighted by molar-refractivity contribution is 0.639. The number of tetrazole rings is 1. The minimum absolute atomic E-state index is 0.546. The molecular formula is C3H4N6S. The van der Waals surface area contributed by atoms with Crippen molar-refractivity contribution in [1.29, 1.82) is 0 Å². The summed E-state index contributed by atoms with van der Waals surface area (Å²) in [6.45, 7) is 0. The van der Waals surface area contributed by atoms with Crippen molar-refractivity contribution < 1.29 is 0 Å². The number of nitrogens with two attached hydrogens (primary N) is 1. The van der Waals surface area contributed by atoms with Gasteiger partial charge in [-0.25, -0.2) is 0 Å². The maximum Gasteiger partial charge on any atom is 0.233 e. The van der Waals surface area contributed by atoms with Crippen LogP contribution >= 0.6 is 11.8 Å². The Morgan fingerprint density at radius 1 is 1.60 bits per heavy atom. The summed E-state index contributed by atoms with van der Waals surface area (Å²) in [4.78, 5) is 1.32. The first-order valence-corrected chi connectivity index (χ1v) is 3.59. The van der Waals surface area contributed by atoms with Crippen molar-refractivity contribution in [3.63, 3.8) is 0 Å². The van der Waals surface area contributed by atoms with Gasteiger partial charge in [0.15, 0.2) is 0 Å². The molecule has 7 heteroatoms. The van der Waals surface area contributed by atoms with Crippen LogP contribution in [-0.2, 0) is 0 Å². The Balaban J connectivity index is 2.50. The lowest BCUT2D eigenvalue weighted by Crippen LogP contribution is -2.20. The molecule has 6 nitrogen and oxygen atoms in total. The van der Waals surface area contributed by atoms with Crippen LogP contribution < -0.4 is 5.73 Å². The van der Waals surface area contributed by atoms with Crippen LogP contribution in [0.15, 0.2) is 10.3 Å². The van der Waals surface area contributed by atoms with Gasteiger partial charge in [-0.3, -0.25) is 0 Å². The summed E-state index contributed by atoms with van der Waals surface area (Å²) in [6, 6.07) is 0. The van der Waals surface area contributed by atoms with Crippen molar-refractivity contribution in [2.45, 2.75) is 5.16 Å². The molecule has 2 N–H and O–H groups in total. The zero-order chi connectivity index (χ0) is 6.97. The molecule has 0 saturated heterocycles. The average molecular weight is 156 g/mol. The fourth-order valence-electron chi connectivity index (χ4n) is 0.613. The minimum Gasteiger partial charge on any atom is -0.385 e. The molecule has 1 aliphatic heterocycles. The quantitative estimate of drug-likeness (QED) is 0.515. The van der Waals surface area contributed by atoms with Crippen LogP contribution in [0.1, 0.15) is 0 Å². The summed E-state index contributed by atoms with van der Waals surface area (Å²) >= 11 is 1.47. The standard InChI is InChI=1S/C3H4N6S/c4-2-1-10-3-5-7-8-9(3)6-2/h1H2,(H2,4,6). The molecule has 1 aromatic rings. The van der Waals surface area contributed by atoms with Crippen molar-refractivity contribution in [3.8, 4) is 0 Å². The van der Waals surface area contributed by atoms with Crippen molar-refractivity contribution in [2.75, 3.05) is 5.75 Å². The van der Waals surface area contributed by atoms with Gasteiger partial charge in [0.1, 0.15) is 5.84 Å². The predicted octanol–water partition coefficient (Wildman–Crippen LogP) is -1.10. The van der Waals surface area contributed by atoms with Crippen molar-refractivity contribution in [1.82, 2.24) is 20.3 Å². The number of nitrogens with zero attached hydrogens (tertiary/aromatic N) is 5. The average Bonchev–Trinajstić information content (AvgIpc) is 2.33. The summed E-state index contributed by atoms with van der Waals surface area (Å²) in [5.74, 6) is 1.21. The Morgan fingerprint density at radius 3 is 3.40 bits per heavy atom. The van der Waals surface area contributed by atoms with E-state index in [0.29, 0.717) is 16.7 Å². The van der Waals surface area contributed by atoms with E-state index in [9.17, 15) is 0 Å². The maximum absolute atomic E-state index is 5.42. The van der Waals surface area contributed by atoms with Crippen LogP contribution in [0.3, 0.4) is 0 Å². The van der Waals surface area contributed by atoms with Crippen molar-refractivity contribution >= 4 is 17.6 Å². The number of thioether (sulfide) groups is 1. The zero-order valence-electron chi connectivity index (χ0n) is 4.93. The van der Waals surface area contributed by atoms with Gasteiger partial charge in [-0.1, -0.05) is 16.9 Å². The van der Waals surface area contributed by atoms with Gasteiger partial charge < -0.3 is 5.73 Å². The lowest BCUT2D eigenvalue weighted by Gasteiger charge is -2.04. The fraction of sp³-hybridized carbons (Fsp3) is 0.333. The Labute approximate surface area is 60.5 Å². The van der Waals surface area contributed by atoms with Crippen LogP contribution in [0.2, 0.25) is 0 Å². The molecule has 0 bridgehead atoms. The third kappa shape index (κ3) is 0.747. The van der Waals surface area contributed by atoms with Crippen molar-refractivity contribution in [2.24, 2.45) is 10.8 Å². The monoisotopic (exact) mass is 156 g/mol. The van der Waals surface area contributed by atoms with Crippen LogP contribution in [-0.4, -0.2) is 31.9 Å². The van der Waals surface area contributed by atoms with E-state index in [1.165, 1.54) is 16.6 Å². The van der Waals surface area contributed by atoms with Gasteiger partial charge in [0.25, 0.3) is 0 Å². The maximum atomic E-state index is 5.42. The van der Waals surface area contributed by atoms with Gasteiger partial charge in [0.05, 0.1) is 5.75 Å². The van der Waals surface area contributed by atoms with E-state index in [0.717, 1.165) is 0 Å². The van der Waals surface area contributed by atoms with Crippen LogP contribution in [0.25, 0.3) is 0 Å². The van der Waals surface area contributed by atoms with Crippen molar-refractivity contribution in [3.05, 3.63) is 0 Å². The molecule has 1 aromatic heterocycles. The van der Waals surface area contributed by atoms with E-state index < -0.39 is 0 Å². The number of aromatic nitrogens is 4. The molecule has 2 heterocycles. The SMILES string of the molecule is NC1=Nn2nnnc2SC1. The molecule has 0 aromatic carbocycles. The number of hydrogen-bond donors (Lipinski definition) is 1. The zero-order valence-corrected chi connectivity index (χ0v) is 5.75. The first-order valence-electron chi connectivity index (χ1n) is 2.61. The second kappa shape index (κ2) is 1.94. The number of amidine groups is 1. The topological polar surface area (TPSA) is 82.0 Å². The highest BCUT2D eigenvalue weighted by Crippen LogP contribution is 2.15. The predicted molar refractivity (Wildman–Crippen MR) is 35.6 cm³/mol. The summed E-state index contributed by atoms with van der Waals surface area (Å²) in [6.07, 6.45) is 0. The normalized spacial score (nSPS) is 16.2. The molecule has 0 spiro atoms. The second-order valence-electron chi connectivity index (χ2n) is 1.73. The van der Waals surface area contributed by atoms with E-state index in [1.807, 2.05) is 0 Å². The number of rotatable bonds is 0. The molecule has 0 atom stereocenters. The van der Waals surface area contributed by atoms with E-state index in [-0.39, 0.29) is 0 Å². The molecule has 10 heavy (non-hydrogen) atoms. The third-order valence-corrected chi connectivity index (χ3v) is 1.94. The molecule has 0 amide bonds. The Bertz CT molecular complexity index is 276. The summed E-state index contributed by atoms with van der Waals surface area (Å²) in [7, 11) is 0. The highest BCUT2D eigenvalue weighted by atomic mass is 32.2. The molecule has 0 unspecified atom stereocenters. The number of fused-ring (bicyclic) bond motifs is 1. The van der Waals surface area contributed by atoms with Gasteiger partial charge in [-0.05, 0) is 10.4 Å². The van der Waals surface area contributed by atoms with Gasteiger partial charge in [0.2, 0.25) is 5.16 Å². The highest BCUT2D eigenvalue weighted by molar-refractivity contribution is 7.99. The van der Waals surface area contributed by atoms with E-state index in [1.54, 1.807) is 0 Å². The van der Waals surface area contributed by atoms with Crippen LogP contribution in [0.5, 0.6) is 0 Å². The Kier molecular flexibility index (Phi) is 1.10. The van der Waals surface area contributed by atoms with Gasteiger partial charge in [-0.15, -0.1) is 9.89 Å².